The molecule has 0 aliphatic rings. The number of aryl methyl sites for hydroxylation is 1. The van der Waals surface area contributed by atoms with Crippen LogP contribution in [0, 0.1) is 12.8 Å². The first-order valence-corrected chi connectivity index (χ1v) is 5.54. The van der Waals surface area contributed by atoms with Gasteiger partial charge in [-0.1, -0.05) is 13.8 Å². The van der Waals surface area contributed by atoms with E-state index in [9.17, 15) is 4.79 Å². The minimum absolute atomic E-state index is 0.251. The van der Waals surface area contributed by atoms with Crippen LogP contribution in [0.4, 0.5) is 0 Å². The van der Waals surface area contributed by atoms with Gasteiger partial charge in [0.05, 0.1) is 6.54 Å². The summed E-state index contributed by atoms with van der Waals surface area (Å²) >= 11 is 0. The van der Waals surface area contributed by atoms with Crippen LogP contribution in [-0.4, -0.2) is 17.6 Å². The molecule has 90 valence electrons. The summed E-state index contributed by atoms with van der Waals surface area (Å²) in [5, 5.41) is 12.1. The molecule has 0 fully saturated rings. The van der Waals surface area contributed by atoms with Crippen LogP contribution in [-0.2, 0) is 6.54 Å². The Hall–Kier alpha value is -1.29. The van der Waals surface area contributed by atoms with E-state index in [4.69, 9.17) is 9.52 Å². The van der Waals surface area contributed by atoms with Crippen LogP contribution in [0.5, 0.6) is 0 Å². The second kappa shape index (κ2) is 5.70. The van der Waals surface area contributed by atoms with Gasteiger partial charge in [-0.15, -0.1) is 0 Å². The van der Waals surface area contributed by atoms with E-state index in [0.29, 0.717) is 24.0 Å². The molecule has 0 saturated heterocycles. The second-order valence-corrected chi connectivity index (χ2v) is 4.35. The van der Waals surface area contributed by atoms with Gasteiger partial charge in [-0.3, -0.25) is 0 Å². The Kier molecular flexibility index (Phi) is 4.55. The van der Waals surface area contributed by atoms with Gasteiger partial charge in [-0.25, -0.2) is 4.79 Å². The standard InChI is InChI=1S/C12H19NO3/c1-8(2)4-5-13-7-10-6-11(12(14)15)9(3)16-10/h6,8,13H,4-5,7H2,1-3H3,(H,14,15). The van der Waals surface area contributed by atoms with Gasteiger partial charge in [0.2, 0.25) is 0 Å². The van der Waals surface area contributed by atoms with Crippen LogP contribution in [0.1, 0.15) is 42.1 Å². The number of aromatic carboxylic acids is 1. The van der Waals surface area contributed by atoms with Crippen LogP contribution >= 0.6 is 0 Å². The smallest absolute Gasteiger partial charge is 0.339 e. The topological polar surface area (TPSA) is 62.5 Å². The Morgan fingerprint density at radius 3 is 2.75 bits per heavy atom. The maximum absolute atomic E-state index is 10.8. The SMILES string of the molecule is Cc1oc(CNCCC(C)C)cc1C(=O)O. The van der Waals surface area contributed by atoms with Crippen molar-refractivity contribution >= 4 is 5.97 Å². The maximum Gasteiger partial charge on any atom is 0.339 e. The van der Waals surface area contributed by atoms with Gasteiger partial charge in [0.1, 0.15) is 17.1 Å². The molecule has 16 heavy (non-hydrogen) atoms. The molecule has 4 nitrogen and oxygen atoms in total. The van der Waals surface area contributed by atoms with E-state index in [1.165, 1.54) is 0 Å². The first kappa shape index (κ1) is 12.8. The van der Waals surface area contributed by atoms with Crippen molar-refractivity contribution in [1.82, 2.24) is 5.32 Å². The zero-order chi connectivity index (χ0) is 12.1. The predicted octanol–water partition coefficient (Wildman–Crippen LogP) is 2.42. The third-order valence-electron chi connectivity index (χ3n) is 2.40. The van der Waals surface area contributed by atoms with E-state index < -0.39 is 5.97 Å². The summed E-state index contributed by atoms with van der Waals surface area (Å²) in [5.41, 5.74) is 0.251. The molecule has 1 heterocycles. The number of hydrogen-bond acceptors (Lipinski definition) is 3. The molecule has 0 spiro atoms. The van der Waals surface area contributed by atoms with Crippen LogP contribution in [0.25, 0.3) is 0 Å². The molecule has 0 bridgehead atoms. The van der Waals surface area contributed by atoms with Gasteiger partial charge < -0.3 is 14.8 Å². The van der Waals surface area contributed by atoms with Crippen molar-refractivity contribution in [2.24, 2.45) is 5.92 Å². The summed E-state index contributed by atoms with van der Waals surface area (Å²) < 4.78 is 5.34. The van der Waals surface area contributed by atoms with E-state index >= 15 is 0 Å². The highest BCUT2D eigenvalue weighted by Gasteiger charge is 2.12. The molecular formula is C12H19NO3. The molecule has 0 unspecified atom stereocenters. The van der Waals surface area contributed by atoms with Crippen molar-refractivity contribution in [3.63, 3.8) is 0 Å². The normalized spacial score (nSPS) is 11.0. The van der Waals surface area contributed by atoms with Crippen molar-refractivity contribution in [2.75, 3.05) is 6.54 Å². The largest absolute Gasteiger partial charge is 0.478 e. The van der Waals surface area contributed by atoms with Crippen LogP contribution in [0.15, 0.2) is 10.5 Å². The van der Waals surface area contributed by atoms with Gasteiger partial charge in [-0.05, 0) is 31.9 Å². The van der Waals surface area contributed by atoms with Crippen LogP contribution in [0.3, 0.4) is 0 Å². The molecule has 0 amide bonds. The monoisotopic (exact) mass is 225 g/mol. The first-order valence-electron chi connectivity index (χ1n) is 5.54. The number of carbonyl (C=O) groups is 1. The fourth-order valence-electron chi connectivity index (χ4n) is 1.45. The molecule has 0 aliphatic carbocycles. The number of furan rings is 1. The summed E-state index contributed by atoms with van der Waals surface area (Å²) in [5.74, 6) is 0.877. The minimum atomic E-state index is -0.935. The van der Waals surface area contributed by atoms with Crippen molar-refractivity contribution in [2.45, 2.75) is 33.7 Å². The quantitative estimate of drug-likeness (QED) is 0.730. The highest BCUT2D eigenvalue weighted by Crippen LogP contribution is 2.14. The Labute approximate surface area is 95.7 Å². The molecule has 1 rings (SSSR count). The summed E-state index contributed by atoms with van der Waals surface area (Å²) in [4.78, 5) is 10.8. The molecule has 2 N–H and O–H groups in total. The number of nitrogens with one attached hydrogen (secondary N) is 1. The van der Waals surface area contributed by atoms with Gasteiger partial charge in [0.25, 0.3) is 0 Å². The fraction of sp³-hybridized carbons (Fsp3) is 0.583. The Morgan fingerprint density at radius 2 is 2.25 bits per heavy atom. The lowest BCUT2D eigenvalue weighted by molar-refractivity contribution is 0.0695. The van der Waals surface area contributed by atoms with E-state index in [-0.39, 0.29) is 5.56 Å². The van der Waals surface area contributed by atoms with E-state index in [1.54, 1.807) is 13.0 Å². The van der Waals surface area contributed by atoms with Gasteiger partial charge >= 0.3 is 5.97 Å². The number of rotatable bonds is 6. The molecule has 0 aliphatic heterocycles. The van der Waals surface area contributed by atoms with Crippen LogP contribution in [0.2, 0.25) is 0 Å². The summed E-state index contributed by atoms with van der Waals surface area (Å²) in [7, 11) is 0. The number of hydrogen-bond donors (Lipinski definition) is 2. The Bertz CT molecular complexity index is 355. The summed E-state index contributed by atoms with van der Waals surface area (Å²) in [6, 6.07) is 1.58. The second-order valence-electron chi connectivity index (χ2n) is 4.35. The molecule has 1 aromatic rings. The highest BCUT2D eigenvalue weighted by atomic mass is 16.4. The van der Waals surface area contributed by atoms with Crippen molar-refractivity contribution < 1.29 is 14.3 Å². The van der Waals surface area contributed by atoms with Crippen LogP contribution < -0.4 is 5.32 Å². The Morgan fingerprint density at radius 1 is 1.56 bits per heavy atom. The summed E-state index contributed by atoms with van der Waals surface area (Å²) in [6.45, 7) is 7.50. The van der Waals surface area contributed by atoms with Gasteiger partial charge in [-0.2, -0.15) is 0 Å². The zero-order valence-electron chi connectivity index (χ0n) is 10.0. The van der Waals surface area contributed by atoms with Gasteiger partial charge in [0.15, 0.2) is 0 Å². The van der Waals surface area contributed by atoms with E-state index in [0.717, 1.165) is 13.0 Å². The average molecular weight is 225 g/mol. The molecule has 0 saturated carbocycles. The third kappa shape index (κ3) is 3.70. The van der Waals surface area contributed by atoms with Gasteiger partial charge in [0, 0.05) is 0 Å². The Balaban J connectivity index is 2.43. The van der Waals surface area contributed by atoms with Crippen molar-refractivity contribution in [3.8, 4) is 0 Å². The first-order chi connectivity index (χ1) is 7.50. The molecular weight excluding hydrogens is 206 g/mol. The zero-order valence-corrected chi connectivity index (χ0v) is 10.0. The third-order valence-corrected chi connectivity index (χ3v) is 2.40. The molecule has 0 atom stereocenters. The molecule has 4 heteroatoms. The van der Waals surface area contributed by atoms with Crippen molar-refractivity contribution in [3.05, 3.63) is 23.2 Å². The molecule has 0 radical (unpaired) electrons. The van der Waals surface area contributed by atoms with E-state index in [1.807, 2.05) is 0 Å². The average Bonchev–Trinajstić information content (AvgIpc) is 2.54. The number of carboxylic acids is 1. The molecule has 0 aromatic carbocycles. The summed E-state index contributed by atoms with van der Waals surface area (Å²) in [6.07, 6.45) is 1.10. The fourth-order valence-corrected chi connectivity index (χ4v) is 1.45. The van der Waals surface area contributed by atoms with E-state index in [2.05, 4.69) is 19.2 Å². The lowest BCUT2D eigenvalue weighted by Crippen LogP contribution is -2.15. The lowest BCUT2D eigenvalue weighted by Gasteiger charge is -2.04. The predicted molar refractivity (Wildman–Crippen MR) is 61.6 cm³/mol. The number of carboxylic acid groups (broad SMARTS) is 1. The maximum atomic E-state index is 10.8. The lowest BCUT2D eigenvalue weighted by atomic mass is 10.1. The van der Waals surface area contributed by atoms with Crippen molar-refractivity contribution in [1.29, 1.82) is 0 Å². The minimum Gasteiger partial charge on any atom is -0.478 e. The molecule has 1 aromatic heterocycles. The highest BCUT2D eigenvalue weighted by molar-refractivity contribution is 5.88.